The lowest BCUT2D eigenvalue weighted by atomic mass is 9.98. The minimum Gasteiger partial charge on any atom is -0.278 e. The van der Waals surface area contributed by atoms with Gasteiger partial charge < -0.3 is 0 Å². The Morgan fingerprint density at radius 2 is 1.43 bits per heavy atom. The molecule has 2 amide bonds. The lowest BCUT2D eigenvalue weighted by molar-refractivity contribution is -0.140. The smallest absolute Gasteiger partial charge is 0.233 e. The number of carbonyl (C=O) groups excluding carboxylic acids is 2. The normalized spacial score (nSPS) is 18.3. The molecule has 0 bridgehead atoms. The summed E-state index contributed by atoms with van der Waals surface area (Å²) >= 11 is 0. The van der Waals surface area contributed by atoms with Crippen molar-refractivity contribution in [3.8, 4) is 0 Å². The fourth-order valence-corrected chi connectivity index (χ4v) is 2.74. The minimum absolute atomic E-state index is 0.0484. The number of amides is 2. The topological polar surface area (TPSA) is 37.4 Å². The largest absolute Gasteiger partial charge is 0.278 e. The van der Waals surface area contributed by atoms with Crippen LogP contribution in [-0.4, -0.2) is 16.7 Å². The van der Waals surface area contributed by atoms with Crippen LogP contribution in [0.15, 0.2) is 60.7 Å². The second-order valence-electron chi connectivity index (χ2n) is 5.39. The number of imide groups is 1. The highest BCUT2D eigenvalue weighted by Crippen LogP contribution is 2.25. The molecule has 0 aliphatic carbocycles. The zero-order valence-electron chi connectivity index (χ0n) is 11.7. The van der Waals surface area contributed by atoms with Gasteiger partial charge in [-0.15, -0.1) is 0 Å². The van der Waals surface area contributed by atoms with Gasteiger partial charge in [-0.1, -0.05) is 60.7 Å². The fourth-order valence-electron chi connectivity index (χ4n) is 2.74. The molecule has 0 aromatic heterocycles. The molecule has 0 N–H and O–H groups in total. The van der Waals surface area contributed by atoms with E-state index in [0.29, 0.717) is 19.4 Å². The molecule has 21 heavy (non-hydrogen) atoms. The predicted molar refractivity (Wildman–Crippen MR) is 80.3 cm³/mol. The van der Waals surface area contributed by atoms with Gasteiger partial charge in [0.25, 0.3) is 0 Å². The maximum Gasteiger partial charge on any atom is 0.233 e. The highest BCUT2D eigenvalue weighted by Gasteiger charge is 2.38. The van der Waals surface area contributed by atoms with Crippen molar-refractivity contribution < 1.29 is 9.59 Å². The summed E-state index contributed by atoms with van der Waals surface area (Å²) in [6.45, 7) is 0.379. The first-order valence-corrected chi connectivity index (χ1v) is 7.16. The second kappa shape index (κ2) is 5.92. The van der Waals surface area contributed by atoms with Crippen LogP contribution in [0.5, 0.6) is 0 Å². The van der Waals surface area contributed by atoms with E-state index in [1.165, 1.54) is 4.90 Å². The average molecular weight is 279 g/mol. The molecule has 1 saturated heterocycles. The Kier molecular flexibility index (Phi) is 3.82. The second-order valence-corrected chi connectivity index (χ2v) is 5.39. The summed E-state index contributed by atoms with van der Waals surface area (Å²) in [7, 11) is 0. The Bertz CT molecular complexity index is 637. The molecule has 2 aromatic carbocycles. The summed E-state index contributed by atoms with van der Waals surface area (Å²) in [6.07, 6.45) is 0.956. The van der Waals surface area contributed by atoms with Crippen LogP contribution < -0.4 is 0 Å². The van der Waals surface area contributed by atoms with E-state index < -0.39 is 0 Å². The van der Waals surface area contributed by atoms with Crippen LogP contribution in [0.25, 0.3) is 0 Å². The molecule has 1 atom stereocenters. The van der Waals surface area contributed by atoms with Gasteiger partial charge in [0.15, 0.2) is 0 Å². The van der Waals surface area contributed by atoms with Gasteiger partial charge in [-0.2, -0.15) is 0 Å². The fraction of sp³-hybridized carbons (Fsp3) is 0.222. The molecule has 1 aliphatic rings. The number of nitrogens with zero attached hydrogens (tertiary/aromatic N) is 1. The zero-order valence-corrected chi connectivity index (χ0v) is 11.7. The summed E-state index contributed by atoms with van der Waals surface area (Å²) in [5, 5.41) is 0. The molecular weight excluding hydrogens is 262 g/mol. The third kappa shape index (κ3) is 3.02. The first kappa shape index (κ1) is 13.6. The van der Waals surface area contributed by atoms with Gasteiger partial charge >= 0.3 is 0 Å². The molecule has 0 spiro atoms. The van der Waals surface area contributed by atoms with Gasteiger partial charge in [0, 0.05) is 6.42 Å². The van der Waals surface area contributed by atoms with Gasteiger partial charge in [0.05, 0.1) is 12.5 Å². The Balaban J connectivity index is 1.70. The molecule has 1 aliphatic heterocycles. The van der Waals surface area contributed by atoms with Crippen LogP contribution in [0.3, 0.4) is 0 Å². The molecule has 106 valence electrons. The van der Waals surface area contributed by atoms with Crippen molar-refractivity contribution in [1.82, 2.24) is 4.90 Å². The number of likely N-dealkylation sites (tertiary alicyclic amines) is 1. The van der Waals surface area contributed by atoms with Crippen LogP contribution in [0.1, 0.15) is 17.5 Å². The standard InChI is InChI=1S/C18H17NO2/c20-17-12-16(11-14-7-3-1-4-8-14)18(21)19(17)13-15-9-5-2-6-10-15/h1-10,16H,11-13H2. The molecule has 1 unspecified atom stereocenters. The van der Waals surface area contributed by atoms with Crippen LogP contribution in [0.2, 0.25) is 0 Å². The minimum atomic E-state index is -0.219. The van der Waals surface area contributed by atoms with E-state index >= 15 is 0 Å². The molecule has 1 fully saturated rings. The maximum absolute atomic E-state index is 12.4. The van der Waals surface area contributed by atoms with Crippen molar-refractivity contribution in [2.75, 3.05) is 0 Å². The Morgan fingerprint density at radius 1 is 0.857 bits per heavy atom. The number of carbonyl (C=O) groups is 2. The van der Waals surface area contributed by atoms with Crippen molar-refractivity contribution in [2.45, 2.75) is 19.4 Å². The Labute approximate surface area is 124 Å². The first-order valence-electron chi connectivity index (χ1n) is 7.16. The predicted octanol–water partition coefficient (Wildman–Crippen LogP) is 2.80. The summed E-state index contributed by atoms with van der Waals surface area (Å²) in [5.41, 5.74) is 2.09. The van der Waals surface area contributed by atoms with Gasteiger partial charge in [-0.3, -0.25) is 14.5 Å². The van der Waals surface area contributed by atoms with Gasteiger partial charge in [-0.05, 0) is 17.5 Å². The third-order valence-electron chi connectivity index (χ3n) is 3.85. The maximum atomic E-state index is 12.4. The monoisotopic (exact) mass is 279 g/mol. The van der Waals surface area contributed by atoms with Crippen molar-refractivity contribution in [3.05, 3.63) is 71.8 Å². The Morgan fingerprint density at radius 3 is 2.05 bits per heavy atom. The van der Waals surface area contributed by atoms with Crippen LogP contribution >= 0.6 is 0 Å². The summed E-state index contributed by atoms with van der Waals surface area (Å²) in [4.78, 5) is 25.9. The first-order chi connectivity index (χ1) is 10.2. The van der Waals surface area contributed by atoms with E-state index in [1.807, 2.05) is 60.7 Å². The number of hydrogen-bond acceptors (Lipinski definition) is 2. The number of benzene rings is 2. The van der Waals surface area contributed by atoms with Crippen LogP contribution in [0, 0.1) is 5.92 Å². The van der Waals surface area contributed by atoms with Gasteiger partial charge in [-0.25, -0.2) is 0 Å². The molecule has 0 saturated carbocycles. The highest BCUT2D eigenvalue weighted by atomic mass is 16.2. The Hall–Kier alpha value is -2.42. The van der Waals surface area contributed by atoms with Gasteiger partial charge in [0.2, 0.25) is 11.8 Å². The zero-order chi connectivity index (χ0) is 14.7. The van der Waals surface area contributed by atoms with E-state index in [4.69, 9.17) is 0 Å². The van der Waals surface area contributed by atoms with Crippen molar-refractivity contribution in [1.29, 1.82) is 0 Å². The lowest BCUT2D eigenvalue weighted by Gasteiger charge is -2.15. The SMILES string of the molecule is O=C1CC(Cc2ccccc2)C(=O)N1Cc1ccccc1. The number of rotatable bonds is 4. The highest BCUT2D eigenvalue weighted by molar-refractivity contribution is 6.03. The molecule has 3 heteroatoms. The van der Waals surface area contributed by atoms with Crippen molar-refractivity contribution in [3.63, 3.8) is 0 Å². The third-order valence-corrected chi connectivity index (χ3v) is 3.85. The van der Waals surface area contributed by atoms with Crippen molar-refractivity contribution >= 4 is 11.8 Å². The average Bonchev–Trinajstić information content (AvgIpc) is 2.77. The quantitative estimate of drug-likeness (QED) is 0.807. The van der Waals surface area contributed by atoms with E-state index in [9.17, 15) is 9.59 Å². The van der Waals surface area contributed by atoms with E-state index in [0.717, 1.165) is 11.1 Å². The molecular formula is C18H17NO2. The van der Waals surface area contributed by atoms with E-state index in [-0.39, 0.29) is 17.7 Å². The summed E-state index contributed by atoms with van der Waals surface area (Å²) in [5.74, 6) is -0.332. The van der Waals surface area contributed by atoms with Crippen LogP contribution in [-0.2, 0) is 22.6 Å². The number of hydrogen-bond donors (Lipinski definition) is 0. The molecule has 3 nitrogen and oxygen atoms in total. The molecule has 1 heterocycles. The van der Waals surface area contributed by atoms with E-state index in [2.05, 4.69) is 0 Å². The molecule has 0 radical (unpaired) electrons. The van der Waals surface area contributed by atoms with E-state index in [1.54, 1.807) is 0 Å². The summed E-state index contributed by atoms with van der Waals surface area (Å²) in [6, 6.07) is 19.5. The van der Waals surface area contributed by atoms with Crippen LogP contribution in [0.4, 0.5) is 0 Å². The van der Waals surface area contributed by atoms with Gasteiger partial charge in [0.1, 0.15) is 0 Å². The summed E-state index contributed by atoms with van der Waals surface area (Å²) < 4.78 is 0. The molecule has 3 rings (SSSR count). The van der Waals surface area contributed by atoms with Crippen molar-refractivity contribution in [2.24, 2.45) is 5.92 Å². The molecule has 2 aromatic rings. The lowest BCUT2D eigenvalue weighted by Crippen LogP contribution is -2.30.